The molecule has 1 unspecified atom stereocenters. The van der Waals surface area contributed by atoms with Crippen LogP contribution in [0.25, 0.3) is 11.1 Å². The lowest BCUT2D eigenvalue weighted by molar-refractivity contribution is -0.142. The number of carbonyl (C=O) groups is 9. The van der Waals surface area contributed by atoms with Gasteiger partial charge in [0.15, 0.2) is 0 Å². The number of likely N-dealkylation sites (N-methyl/N-ethyl adjacent to an activating group) is 1. The number of rotatable bonds is 26. The highest BCUT2D eigenvalue weighted by atomic mass is 16.7. The number of carboxylic acid groups (broad SMARTS) is 1. The molecule has 1 heterocycles. The van der Waals surface area contributed by atoms with Crippen LogP contribution in [-0.2, 0) is 54.1 Å². The van der Waals surface area contributed by atoms with E-state index < -0.39 is 135 Å². The maximum absolute atomic E-state index is 13.6. The second-order valence-electron chi connectivity index (χ2n) is 19.3. The molecule has 0 aromatic heterocycles. The molecule has 2 aromatic rings. The predicted molar refractivity (Wildman–Crippen MR) is 266 cm³/mol. The molecular weight excluding hydrogens is 931 g/mol. The van der Waals surface area contributed by atoms with Gasteiger partial charge in [-0.1, -0.05) is 70.0 Å². The first-order valence-corrected chi connectivity index (χ1v) is 24.7. The van der Waals surface area contributed by atoms with Crippen molar-refractivity contribution in [2.75, 3.05) is 20.2 Å². The Balaban J connectivity index is 1.29. The number of fused-ring (bicyclic) bond motifs is 1. The lowest BCUT2D eigenvalue weighted by atomic mass is 9.69. The first kappa shape index (κ1) is 58.2. The molecule has 2 aliphatic rings. The van der Waals surface area contributed by atoms with Gasteiger partial charge in [-0.2, -0.15) is 0 Å². The third-order valence-electron chi connectivity index (χ3n) is 13.4. The summed E-state index contributed by atoms with van der Waals surface area (Å²) < 4.78 is 12.7. The van der Waals surface area contributed by atoms with Gasteiger partial charge in [0.05, 0.1) is 37.2 Å². The summed E-state index contributed by atoms with van der Waals surface area (Å²) in [4.78, 5) is 117. The Labute approximate surface area is 421 Å². The van der Waals surface area contributed by atoms with E-state index in [2.05, 4.69) is 64.8 Å². The van der Waals surface area contributed by atoms with E-state index in [0.717, 1.165) is 54.6 Å². The van der Waals surface area contributed by atoms with Gasteiger partial charge < -0.3 is 62.1 Å². The van der Waals surface area contributed by atoms with Crippen LogP contribution in [0.4, 0.5) is 0 Å². The van der Waals surface area contributed by atoms with Crippen molar-refractivity contribution in [1.82, 2.24) is 36.8 Å². The fourth-order valence-corrected chi connectivity index (χ4v) is 9.08. The van der Waals surface area contributed by atoms with Crippen LogP contribution in [0.2, 0.25) is 0 Å². The summed E-state index contributed by atoms with van der Waals surface area (Å²) in [7, 11) is 0.381. The van der Waals surface area contributed by atoms with E-state index in [4.69, 9.17) is 15.0 Å². The summed E-state index contributed by atoms with van der Waals surface area (Å²) in [5.41, 5.74) is 8.17. The normalized spacial score (nSPS) is 19.8. The first-order chi connectivity index (χ1) is 34.0. The number of nitrogens with one attached hydrogen (secondary N) is 6. The van der Waals surface area contributed by atoms with Crippen LogP contribution < -0.4 is 37.6 Å². The quantitative estimate of drug-likeness (QED) is 0.0598. The van der Waals surface area contributed by atoms with Gasteiger partial charge >= 0.3 is 13.1 Å². The van der Waals surface area contributed by atoms with E-state index in [0.29, 0.717) is 5.92 Å². The number of carbonyl (C=O) groups excluding carboxylic acids is 8. The molecule has 394 valence electrons. The second kappa shape index (κ2) is 26.9. The lowest BCUT2D eigenvalue weighted by Gasteiger charge is -2.44. The molecule has 1 saturated heterocycles. The first-order valence-electron chi connectivity index (χ1n) is 24.7. The van der Waals surface area contributed by atoms with E-state index in [-0.39, 0.29) is 17.6 Å². The Morgan fingerprint density at radius 1 is 0.792 bits per heavy atom. The highest BCUT2D eigenvalue weighted by Gasteiger charge is 2.56. The number of nitrogens with two attached hydrogens (primary N) is 1. The number of amides is 8. The maximum Gasteiger partial charge on any atom is 0.481 e. The molecule has 22 heteroatoms. The summed E-state index contributed by atoms with van der Waals surface area (Å²) in [5, 5.41) is 34.1. The van der Waals surface area contributed by atoms with E-state index in [1.165, 1.54) is 26.5 Å². The molecule has 21 nitrogen and oxygen atoms in total. The smallest absolute Gasteiger partial charge is 0.481 e. The topological polar surface area (TPSA) is 314 Å². The van der Waals surface area contributed by atoms with Gasteiger partial charge in [0, 0.05) is 19.0 Å². The van der Waals surface area contributed by atoms with Crippen LogP contribution in [0.3, 0.4) is 0 Å². The van der Waals surface area contributed by atoms with E-state index in [1.54, 1.807) is 31.2 Å². The molecule has 72 heavy (non-hydrogen) atoms. The van der Waals surface area contributed by atoms with Crippen molar-refractivity contribution < 1.29 is 62.7 Å². The number of benzene rings is 2. The Bertz CT molecular complexity index is 2250. The molecule has 9 atom stereocenters. The van der Waals surface area contributed by atoms with Crippen molar-refractivity contribution in [1.29, 1.82) is 0 Å². The Hall–Kier alpha value is -6.39. The fraction of sp³-hybridized carbons (Fsp3) is 0.580. The molecule has 10 N–H and O–H groups in total. The van der Waals surface area contributed by atoms with Crippen LogP contribution in [0.15, 0.2) is 48.5 Å². The van der Waals surface area contributed by atoms with Gasteiger partial charge in [0.2, 0.25) is 41.4 Å². The van der Waals surface area contributed by atoms with E-state index in [1.807, 2.05) is 19.1 Å². The summed E-state index contributed by atoms with van der Waals surface area (Å²) in [5.74, 6) is -8.19. The van der Waals surface area contributed by atoms with Gasteiger partial charge in [-0.25, -0.2) is 0 Å². The van der Waals surface area contributed by atoms with Gasteiger partial charge in [-0.3, -0.25) is 43.2 Å². The summed E-state index contributed by atoms with van der Waals surface area (Å²) in [6.07, 6.45) is 4.18. The highest BCUT2D eigenvalue weighted by Crippen LogP contribution is 2.46. The molecule has 0 radical (unpaired) electrons. The van der Waals surface area contributed by atoms with Crippen LogP contribution in [-0.4, -0.2) is 144 Å². The van der Waals surface area contributed by atoms with E-state index in [9.17, 15) is 53.4 Å². The number of hydrogen-bond donors (Lipinski definition) is 9. The van der Waals surface area contributed by atoms with Crippen molar-refractivity contribution in [2.45, 2.75) is 154 Å². The van der Waals surface area contributed by atoms with Gasteiger partial charge in [-0.15, -0.1) is 0 Å². The molecule has 1 saturated carbocycles. The minimum atomic E-state index is -1.47. The molecule has 2 fully saturated rings. The summed E-state index contributed by atoms with van der Waals surface area (Å²) in [6, 6.07) is 7.80. The third-order valence-corrected chi connectivity index (χ3v) is 13.4. The van der Waals surface area contributed by atoms with E-state index >= 15 is 0 Å². The zero-order valence-electron chi connectivity index (χ0n) is 42.6. The maximum atomic E-state index is 13.6. The third kappa shape index (κ3) is 16.1. The van der Waals surface area contributed by atoms with Crippen LogP contribution in [0, 0.1) is 11.8 Å². The fourth-order valence-electron chi connectivity index (χ4n) is 9.08. The Morgan fingerprint density at radius 2 is 1.39 bits per heavy atom. The van der Waals surface area contributed by atoms with Gasteiger partial charge in [0.1, 0.15) is 30.2 Å². The monoisotopic (exact) mass is 1000 g/mol. The molecule has 1 aliphatic carbocycles. The number of nitrogens with zero attached hydrogens (tertiary/aromatic N) is 1. The molecule has 0 bridgehead atoms. The Morgan fingerprint density at radius 3 is 1.97 bits per heavy atom. The van der Waals surface area contributed by atoms with Crippen molar-refractivity contribution >= 4 is 60.3 Å². The summed E-state index contributed by atoms with van der Waals surface area (Å²) >= 11 is 0. The number of primary amides is 1. The lowest BCUT2D eigenvalue weighted by Crippen LogP contribution is -2.58. The predicted octanol–water partition coefficient (Wildman–Crippen LogP) is 1.13. The average molecular weight is 1000 g/mol. The van der Waals surface area contributed by atoms with Crippen molar-refractivity contribution in [3.8, 4) is 11.1 Å². The average Bonchev–Trinajstić information content (AvgIpc) is 3.71. The molecule has 0 spiro atoms. The molecule has 8 amide bonds. The number of hydrogen-bond acceptors (Lipinski definition) is 12. The van der Waals surface area contributed by atoms with Crippen molar-refractivity contribution in [3.63, 3.8) is 0 Å². The highest BCUT2D eigenvalue weighted by molar-refractivity contribution is 6.47. The van der Waals surface area contributed by atoms with Gasteiger partial charge in [0.25, 0.3) is 5.91 Å². The number of aliphatic hydroxyl groups is 1. The second-order valence-corrected chi connectivity index (χ2v) is 19.3. The number of aryl methyl sites for hydroxylation is 1. The number of aliphatic hydroxyl groups excluding tert-OH is 1. The van der Waals surface area contributed by atoms with Crippen molar-refractivity contribution in [3.05, 3.63) is 59.7 Å². The number of carboxylic acids is 1. The Kier molecular flexibility index (Phi) is 21.7. The summed E-state index contributed by atoms with van der Waals surface area (Å²) in [6.45, 7) is 11.1. The number of aliphatic carboxylic acids is 1. The van der Waals surface area contributed by atoms with Crippen LogP contribution >= 0.6 is 0 Å². The molecular formula is C50H73BN8O13. The van der Waals surface area contributed by atoms with Crippen LogP contribution in [0.1, 0.15) is 116 Å². The molecule has 1 aliphatic heterocycles. The number of unbranched alkanes of at least 4 members (excludes halogenated alkanes) is 1. The van der Waals surface area contributed by atoms with Crippen molar-refractivity contribution in [2.24, 2.45) is 17.6 Å². The van der Waals surface area contributed by atoms with Crippen LogP contribution in [0.5, 0.6) is 0 Å². The SMILES string of the molecule is CCCCc1ccc(-c2ccc(C(=O)N[C@H](CO)C(=O)N[C@H](C)C(=O)NCC(=O)N(C)[C@@H](CCC(=O)O)C(=O)N[C@@H](C)C(=O)N[C@@H](CC(N)=O)C(=O)N[C@@H](C)B3OC4CCC[C@@H](C(C)C)[C@]4(C)O3)cc2)cc1. The molecule has 2 aromatic carbocycles. The minimum absolute atomic E-state index is 0.181. The minimum Gasteiger partial charge on any atom is -0.481 e. The zero-order chi connectivity index (χ0) is 53.4. The van der Waals surface area contributed by atoms with Gasteiger partial charge in [-0.05, 0) is 100 Å². The largest absolute Gasteiger partial charge is 0.481 e. The molecule has 4 rings (SSSR count). The standard InChI is InChI=1S/C50H73BN8O13/c1-9-10-12-32-15-17-33(18-16-32)34-19-21-35(22-20-34)46(67)58-38(27-60)48(69)54-29(4)44(65)53-26-42(62)59(8)39(23-24-43(63)64)49(70)55-30(5)45(66)57-37(25-41(52)61)47(68)56-31(6)51-71-40-14-11-13-36(28(2)3)50(40,7)72-51/h15-22,28-31,36-40,60H,9-14,23-27H2,1-8H3,(H2,52,61)(H,53,65)(H,54,69)(H,55,70)(H,56,68)(H,57,66)(H,58,67)(H,63,64)/t29-,30+,31+,36+,37+,38-,39+,40?,50+/m1/s1. The zero-order valence-corrected chi connectivity index (χ0v) is 42.6.